The second-order valence-corrected chi connectivity index (χ2v) is 18.3. The zero-order chi connectivity index (χ0) is 54.3. The summed E-state index contributed by atoms with van der Waals surface area (Å²) in [6, 6.07) is -7.63. The topological polar surface area (TPSA) is 426 Å². The smallest absolute Gasteiger partial charge is 0.325 e. The summed E-state index contributed by atoms with van der Waals surface area (Å²) in [5.41, 5.74) is 4.05. The number of phenolic OH excluding ortho intramolecular Hbond substituents is 1. The van der Waals surface area contributed by atoms with Crippen molar-refractivity contribution in [2.24, 2.45) is 17.6 Å². The van der Waals surface area contributed by atoms with Gasteiger partial charge in [-0.15, -0.1) is 0 Å². The average Bonchev–Trinajstić information content (AvgIpc) is 3.29. The monoisotopic (exact) mass is 1010 g/mol. The van der Waals surface area contributed by atoms with Crippen molar-refractivity contribution in [3.63, 3.8) is 0 Å². The first kappa shape index (κ1) is 62.7. The fourth-order valence-electron chi connectivity index (χ4n) is 6.72. The van der Waals surface area contributed by atoms with E-state index in [0.29, 0.717) is 12.0 Å². The largest absolute Gasteiger partial charge is 0.508 e. The zero-order valence-corrected chi connectivity index (χ0v) is 41.4. The first-order valence-electron chi connectivity index (χ1n) is 23.0. The highest BCUT2D eigenvalue weighted by atomic mass is 16.4. The Kier molecular flexibility index (Phi) is 26.9. The van der Waals surface area contributed by atoms with Gasteiger partial charge in [-0.05, 0) is 83.2 Å². The lowest BCUT2D eigenvalue weighted by Crippen LogP contribution is -2.64. The third kappa shape index (κ3) is 21.7. The van der Waals surface area contributed by atoms with Crippen molar-refractivity contribution in [1.82, 2.24) is 47.9 Å². The van der Waals surface area contributed by atoms with E-state index >= 15 is 0 Å². The highest BCUT2D eigenvalue weighted by Gasteiger charge is 2.40. The average molecular weight is 1010 g/mol. The molecule has 0 heterocycles. The molecule has 0 spiro atoms. The molecule has 400 valence electrons. The first-order valence-corrected chi connectivity index (χ1v) is 23.0. The Morgan fingerprint density at radius 2 is 1.13 bits per heavy atom. The summed E-state index contributed by atoms with van der Waals surface area (Å²) >= 11 is 0. The van der Waals surface area contributed by atoms with Crippen LogP contribution in [0.4, 0.5) is 0 Å². The predicted molar refractivity (Wildman–Crippen MR) is 253 cm³/mol. The van der Waals surface area contributed by atoms with E-state index in [0.717, 1.165) is 13.8 Å². The molecule has 0 aliphatic heterocycles. The van der Waals surface area contributed by atoms with Crippen LogP contribution in [0.2, 0.25) is 0 Å². The number of hydrogen-bond donors (Lipinski definition) is 16. The number of likely N-dealkylation sites (N-methyl/N-ethyl adjacent to an activating group) is 1. The molecule has 0 saturated carbocycles. The second kappa shape index (κ2) is 30.4. The quantitative estimate of drug-likeness (QED) is 0.0300. The number of rotatable bonds is 32. The van der Waals surface area contributed by atoms with Crippen LogP contribution in [0.1, 0.15) is 79.7 Å². The van der Waals surface area contributed by atoms with Crippen molar-refractivity contribution in [2.75, 3.05) is 33.4 Å². The van der Waals surface area contributed by atoms with Crippen LogP contribution in [0, 0.1) is 11.8 Å². The lowest BCUT2D eigenvalue weighted by atomic mass is 9.95. The van der Waals surface area contributed by atoms with Gasteiger partial charge in [0.1, 0.15) is 48.0 Å². The molecule has 0 radical (unpaired) electrons. The number of aliphatic hydroxyl groups excluding tert-OH is 3. The number of carboxylic acid groups (broad SMARTS) is 1. The fraction of sp³-hybridized carbons (Fsp3) is 0.644. The van der Waals surface area contributed by atoms with Crippen LogP contribution < -0.4 is 53.6 Å². The molecule has 1 aromatic rings. The highest BCUT2D eigenvalue weighted by molar-refractivity contribution is 6.39. The van der Waals surface area contributed by atoms with Gasteiger partial charge in [0.05, 0.1) is 31.5 Å². The summed E-state index contributed by atoms with van der Waals surface area (Å²) in [5, 5.41) is 81.1. The molecular formula is C45H74N10O16. The zero-order valence-electron chi connectivity index (χ0n) is 41.4. The summed E-state index contributed by atoms with van der Waals surface area (Å²) in [7, 11) is 1.42. The van der Waals surface area contributed by atoms with Crippen LogP contribution in [-0.2, 0) is 54.4 Å². The van der Waals surface area contributed by atoms with E-state index in [9.17, 15) is 78.6 Å². The molecule has 9 atom stereocenters. The van der Waals surface area contributed by atoms with Gasteiger partial charge in [0.25, 0.3) is 5.91 Å². The minimum Gasteiger partial charge on any atom is -0.508 e. The number of carbonyl (C=O) groups excluding carboxylic acids is 9. The molecule has 0 aromatic heterocycles. The number of aromatic hydroxyl groups is 1. The van der Waals surface area contributed by atoms with Gasteiger partial charge < -0.3 is 84.2 Å². The number of phenols is 1. The van der Waals surface area contributed by atoms with Crippen LogP contribution in [0.5, 0.6) is 5.75 Å². The summed E-state index contributed by atoms with van der Waals surface area (Å²) < 4.78 is 0. The summed E-state index contributed by atoms with van der Waals surface area (Å²) in [6.07, 6.45) is -0.0384. The Morgan fingerprint density at radius 3 is 1.62 bits per heavy atom. The van der Waals surface area contributed by atoms with Crippen molar-refractivity contribution < 1.29 is 78.6 Å². The predicted octanol–water partition coefficient (Wildman–Crippen LogP) is -5.35. The fourth-order valence-corrected chi connectivity index (χ4v) is 6.72. The van der Waals surface area contributed by atoms with E-state index in [1.54, 1.807) is 13.8 Å². The summed E-state index contributed by atoms with van der Waals surface area (Å²) in [4.78, 5) is 132. The van der Waals surface area contributed by atoms with Gasteiger partial charge in [0, 0.05) is 18.9 Å². The van der Waals surface area contributed by atoms with E-state index in [1.165, 1.54) is 52.1 Å². The van der Waals surface area contributed by atoms with Gasteiger partial charge in [-0.3, -0.25) is 47.9 Å². The minimum atomic E-state index is -2.02. The van der Waals surface area contributed by atoms with E-state index in [4.69, 9.17) is 5.73 Å². The number of nitrogens with two attached hydrogens (primary N) is 1. The third-order valence-corrected chi connectivity index (χ3v) is 10.8. The SMILES string of the molecule is CNC(CO)C(=O)NC(CC(C)C)C(=O)NC(C(=O)NC(CO)C(=O)NC(C(=O)C(=O)NC(CO)C(=O)NC(Cc1ccc(O)cc1)C(=O)NC(CCCN)CC(=O)NC(C)C(=O)O)C(C)C)C(C)(C)O. The number of nitrogens with one attached hydrogen (secondary N) is 9. The number of amides is 8. The molecule has 9 unspecified atom stereocenters. The highest BCUT2D eigenvalue weighted by Crippen LogP contribution is 2.15. The molecule has 1 rings (SSSR count). The van der Waals surface area contributed by atoms with Crippen LogP contribution in [0.15, 0.2) is 24.3 Å². The molecule has 1 aromatic carbocycles. The number of carboxylic acids is 1. The van der Waals surface area contributed by atoms with E-state index in [2.05, 4.69) is 47.9 Å². The van der Waals surface area contributed by atoms with Crippen molar-refractivity contribution >= 4 is 59.0 Å². The maximum absolute atomic E-state index is 13.8. The molecule has 8 amide bonds. The Labute approximate surface area is 411 Å². The Morgan fingerprint density at radius 1 is 0.634 bits per heavy atom. The molecule has 71 heavy (non-hydrogen) atoms. The van der Waals surface area contributed by atoms with Crippen molar-refractivity contribution in [3.05, 3.63) is 29.8 Å². The van der Waals surface area contributed by atoms with Gasteiger partial charge >= 0.3 is 5.97 Å². The number of hydrogen-bond acceptors (Lipinski definition) is 17. The number of Topliss-reactive ketones (excluding diaryl/α,β-unsaturated/α-hetero) is 1. The molecular weight excluding hydrogens is 937 g/mol. The van der Waals surface area contributed by atoms with Crippen molar-refractivity contribution in [2.45, 2.75) is 141 Å². The van der Waals surface area contributed by atoms with E-state index < -0.39 is 145 Å². The van der Waals surface area contributed by atoms with E-state index in [1.807, 2.05) is 0 Å². The van der Waals surface area contributed by atoms with Crippen LogP contribution in [0.25, 0.3) is 0 Å². The summed E-state index contributed by atoms with van der Waals surface area (Å²) in [5.74, 6) is -12.0. The molecule has 0 aliphatic carbocycles. The van der Waals surface area contributed by atoms with Gasteiger partial charge in [-0.2, -0.15) is 0 Å². The molecule has 17 N–H and O–H groups in total. The van der Waals surface area contributed by atoms with Crippen molar-refractivity contribution in [1.29, 1.82) is 0 Å². The Balaban J connectivity index is 3.30. The molecule has 0 fully saturated rings. The van der Waals surface area contributed by atoms with E-state index in [-0.39, 0.29) is 43.9 Å². The number of aliphatic hydroxyl groups is 4. The van der Waals surface area contributed by atoms with Gasteiger partial charge in [-0.1, -0.05) is 39.8 Å². The molecule has 0 aliphatic rings. The maximum atomic E-state index is 13.8. The Hall–Kier alpha value is -6.32. The van der Waals surface area contributed by atoms with Gasteiger partial charge in [0.2, 0.25) is 47.1 Å². The van der Waals surface area contributed by atoms with Crippen LogP contribution in [0.3, 0.4) is 0 Å². The molecule has 0 saturated heterocycles. The first-order chi connectivity index (χ1) is 33.1. The maximum Gasteiger partial charge on any atom is 0.325 e. The van der Waals surface area contributed by atoms with Crippen LogP contribution >= 0.6 is 0 Å². The second-order valence-electron chi connectivity index (χ2n) is 18.3. The number of ketones is 1. The third-order valence-electron chi connectivity index (χ3n) is 10.8. The Bertz CT molecular complexity index is 1980. The molecule has 0 bridgehead atoms. The summed E-state index contributed by atoms with van der Waals surface area (Å²) in [6.45, 7) is 7.30. The normalized spacial score (nSPS) is 15.3. The van der Waals surface area contributed by atoms with Crippen molar-refractivity contribution in [3.8, 4) is 5.75 Å². The molecule has 26 nitrogen and oxygen atoms in total. The number of aliphatic carboxylic acids is 1. The number of benzene rings is 1. The lowest BCUT2D eigenvalue weighted by Gasteiger charge is -2.32. The van der Waals surface area contributed by atoms with Gasteiger partial charge in [-0.25, -0.2) is 0 Å². The standard InChI is InChI=1S/C45H74N10O16/c1-22(2)16-28(50-39(64)30(19-56)47-8)38(63)55-36(45(6,7)71)43(68)53-32(21-58)41(66)54-34(23(3)4)35(61)42(67)52-31(20-57)40(65)51-29(17-25-11-13-27(59)14-12-25)37(62)49-26(10-9-15-46)18-33(60)48-24(5)44(69)70/h11-14,22-24,26,28-32,34,36,47,56-59,71H,9-10,15-21,46H2,1-8H3,(H,48,60)(H,49,62)(H,50,64)(H,51,65)(H,52,67)(H,53,68)(H,54,66)(H,55,63)(H,69,70). The molecule has 26 heteroatoms. The van der Waals surface area contributed by atoms with Gasteiger partial charge in [0.15, 0.2) is 0 Å². The van der Waals surface area contributed by atoms with Crippen LogP contribution in [-0.4, -0.2) is 183 Å². The number of carbonyl (C=O) groups is 10. The lowest BCUT2D eigenvalue weighted by molar-refractivity contribution is -0.143. The minimum absolute atomic E-state index is 0.0695.